The Morgan fingerprint density at radius 3 is 2.44 bits per heavy atom. The van der Waals surface area contributed by atoms with Crippen LogP contribution in [0.2, 0.25) is 0 Å². The second-order valence-corrected chi connectivity index (χ2v) is 4.55. The molecule has 1 N–H and O–H groups in total. The first-order valence-electron chi connectivity index (χ1n) is 5.25. The Balaban J connectivity index is 2.78. The van der Waals surface area contributed by atoms with Crippen molar-refractivity contribution >= 4 is 5.91 Å². The number of rotatable bonds is 1. The van der Waals surface area contributed by atoms with Crippen molar-refractivity contribution in [3.8, 4) is 0 Å². The highest BCUT2D eigenvalue weighted by molar-refractivity contribution is 5.78. The second-order valence-electron chi connectivity index (χ2n) is 4.55. The molecule has 1 rings (SSSR count). The number of halogens is 3. The number of hydrogen-bond acceptors (Lipinski definition) is 2. The molecule has 1 aliphatic heterocycles. The van der Waals surface area contributed by atoms with Crippen LogP contribution in [0.1, 0.15) is 26.7 Å². The summed E-state index contributed by atoms with van der Waals surface area (Å²) in [4.78, 5) is 12.7. The molecule has 1 amide bonds. The molecule has 0 saturated carbocycles. The van der Waals surface area contributed by atoms with Crippen LogP contribution in [0, 0.1) is 5.92 Å². The van der Waals surface area contributed by atoms with Gasteiger partial charge in [0.05, 0.1) is 6.54 Å². The van der Waals surface area contributed by atoms with Crippen molar-refractivity contribution in [2.45, 2.75) is 38.5 Å². The Bertz CT molecular complexity index is 278. The lowest BCUT2D eigenvalue weighted by Gasteiger charge is -2.40. The summed E-state index contributed by atoms with van der Waals surface area (Å²) in [5, 5.41) is 9.49. The van der Waals surface area contributed by atoms with Gasteiger partial charge in [0, 0.05) is 12.5 Å². The zero-order valence-electron chi connectivity index (χ0n) is 9.34. The van der Waals surface area contributed by atoms with E-state index in [1.54, 1.807) is 13.8 Å². The van der Waals surface area contributed by atoms with Gasteiger partial charge in [-0.3, -0.25) is 4.79 Å². The molecule has 1 heterocycles. The molecule has 0 aromatic heterocycles. The molecule has 6 heteroatoms. The fourth-order valence-corrected chi connectivity index (χ4v) is 1.82. The van der Waals surface area contributed by atoms with Gasteiger partial charge < -0.3 is 10.0 Å². The Morgan fingerprint density at radius 2 is 2.00 bits per heavy atom. The third kappa shape index (κ3) is 2.48. The average molecular weight is 239 g/mol. The van der Waals surface area contributed by atoms with Gasteiger partial charge in [0.25, 0.3) is 0 Å². The normalized spacial score (nSPS) is 27.3. The highest BCUT2D eigenvalue weighted by Gasteiger charge is 2.55. The Hall–Kier alpha value is -0.780. The number of likely N-dealkylation sites (tertiary alicyclic amines) is 1. The van der Waals surface area contributed by atoms with Crippen LogP contribution in [-0.4, -0.2) is 40.8 Å². The number of amides is 1. The van der Waals surface area contributed by atoms with Gasteiger partial charge in [-0.2, -0.15) is 13.2 Å². The van der Waals surface area contributed by atoms with Crippen LogP contribution >= 0.6 is 0 Å². The van der Waals surface area contributed by atoms with Crippen LogP contribution < -0.4 is 0 Å². The topological polar surface area (TPSA) is 40.5 Å². The summed E-state index contributed by atoms with van der Waals surface area (Å²) in [7, 11) is 0. The van der Waals surface area contributed by atoms with E-state index in [-0.39, 0.29) is 31.2 Å². The van der Waals surface area contributed by atoms with Crippen molar-refractivity contribution in [1.82, 2.24) is 4.90 Å². The van der Waals surface area contributed by atoms with E-state index in [0.29, 0.717) is 0 Å². The van der Waals surface area contributed by atoms with E-state index < -0.39 is 18.3 Å². The Labute approximate surface area is 92.2 Å². The molecule has 0 bridgehead atoms. The lowest BCUT2D eigenvalue weighted by molar-refractivity contribution is -0.272. The minimum Gasteiger partial charge on any atom is -0.379 e. The highest BCUT2D eigenvalue weighted by Crippen LogP contribution is 2.37. The number of alkyl halides is 3. The minimum absolute atomic E-state index is 0.175. The Morgan fingerprint density at radius 1 is 1.44 bits per heavy atom. The zero-order chi connectivity index (χ0) is 12.6. The predicted molar refractivity (Wildman–Crippen MR) is 51.7 cm³/mol. The molecule has 94 valence electrons. The standard InChI is InChI=1S/C10H16F3NO2/c1-7(2)8(15)14-5-3-4-9(16,6-14)10(11,12)13/h7,16H,3-6H2,1-2H3. The van der Waals surface area contributed by atoms with Gasteiger partial charge in [-0.25, -0.2) is 0 Å². The quantitative estimate of drug-likeness (QED) is 0.754. The summed E-state index contributed by atoms with van der Waals surface area (Å²) >= 11 is 0. The van der Waals surface area contributed by atoms with Crippen LogP contribution in [0.25, 0.3) is 0 Å². The van der Waals surface area contributed by atoms with Gasteiger partial charge in [0.1, 0.15) is 0 Å². The van der Waals surface area contributed by atoms with Crippen molar-refractivity contribution in [2.75, 3.05) is 13.1 Å². The molecule has 1 atom stereocenters. The van der Waals surface area contributed by atoms with Gasteiger partial charge in [-0.1, -0.05) is 13.8 Å². The van der Waals surface area contributed by atoms with Crippen LogP contribution in [0.4, 0.5) is 13.2 Å². The molecule has 1 unspecified atom stereocenters. The molecular formula is C10H16F3NO2. The molecule has 1 fully saturated rings. The average Bonchev–Trinajstić information content (AvgIpc) is 2.15. The molecule has 0 aliphatic carbocycles. The first-order valence-corrected chi connectivity index (χ1v) is 5.25. The van der Waals surface area contributed by atoms with Gasteiger partial charge in [-0.15, -0.1) is 0 Å². The maximum absolute atomic E-state index is 12.6. The second kappa shape index (κ2) is 4.24. The fraction of sp³-hybridized carbons (Fsp3) is 0.900. The number of β-amino-alcohol motifs (C(OH)–C–C–N with tert-alkyl or cyclic N) is 1. The third-order valence-corrected chi connectivity index (χ3v) is 2.80. The first kappa shape index (κ1) is 13.3. The molecular weight excluding hydrogens is 223 g/mol. The van der Waals surface area contributed by atoms with Gasteiger partial charge >= 0.3 is 6.18 Å². The summed E-state index contributed by atoms with van der Waals surface area (Å²) in [5.41, 5.74) is -2.74. The van der Waals surface area contributed by atoms with Crippen LogP contribution in [0.3, 0.4) is 0 Å². The van der Waals surface area contributed by atoms with E-state index in [1.165, 1.54) is 0 Å². The van der Waals surface area contributed by atoms with E-state index in [9.17, 15) is 23.1 Å². The van der Waals surface area contributed by atoms with Crippen molar-refractivity contribution < 1.29 is 23.1 Å². The lowest BCUT2D eigenvalue weighted by atomic mass is 9.91. The highest BCUT2D eigenvalue weighted by atomic mass is 19.4. The Kier molecular flexibility index (Phi) is 3.52. The maximum atomic E-state index is 12.6. The SMILES string of the molecule is CC(C)C(=O)N1CCCC(O)(C(F)(F)F)C1. The van der Waals surface area contributed by atoms with Crippen molar-refractivity contribution in [3.63, 3.8) is 0 Å². The van der Waals surface area contributed by atoms with Crippen LogP contribution in [0.15, 0.2) is 0 Å². The van der Waals surface area contributed by atoms with Crippen molar-refractivity contribution in [1.29, 1.82) is 0 Å². The molecule has 16 heavy (non-hydrogen) atoms. The largest absolute Gasteiger partial charge is 0.418 e. The molecule has 0 radical (unpaired) electrons. The number of nitrogens with zero attached hydrogens (tertiary/aromatic N) is 1. The summed E-state index contributed by atoms with van der Waals surface area (Å²) in [6, 6.07) is 0. The van der Waals surface area contributed by atoms with Gasteiger partial charge in [-0.05, 0) is 12.8 Å². The number of carbonyl (C=O) groups excluding carboxylic acids is 1. The fourth-order valence-electron chi connectivity index (χ4n) is 1.82. The summed E-state index contributed by atoms with van der Waals surface area (Å²) < 4.78 is 37.7. The van der Waals surface area contributed by atoms with Crippen molar-refractivity contribution in [2.24, 2.45) is 5.92 Å². The van der Waals surface area contributed by atoms with Gasteiger partial charge in [0.15, 0.2) is 5.60 Å². The van der Waals surface area contributed by atoms with E-state index in [0.717, 1.165) is 4.90 Å². The summed E-state index contributed by atoms with van der Waals surface area (Å²) in [5.74, 6) is -0.696. The summed E-state index contributed by atoms with van der Waals surface area (Å²) in [6.07, 6.45) is -4.84. The zero-order valence-corrected chi connectivity index (χ0v) is 9.34. The first-order chi connectivity index (χ1) is 7.17. The maximum Gasteiger partial charge on any atom is 0.418 e. The summed E-state index contributed by atoms with van der Waals surface area (Å²) in [6.45, 7) is 2.90. The lowest BCUT2D eigenvalue weighted by Crippen LogP contribution is -2.58. The number of piperidine rings is 1. The minimum atomic E-state index is -4.68. The molecule has 1 aliphatic rings. The monoisotopic (exact) mass is 239 g/mol. The molecule has 0 spiro atoms. The number of carbonyl (C=O) groups is 1. The van der Waals surface area contributed by atoms with E-state index in [4.69, 9.17) is 0 Å². The molecule has 3 nitrogen and oxygen atoms in total. The van der Waals surface area contributed by atoms with E-state index in [1.807, 2.05) is 0 Å². The van der Waals surface area contributed by atoms with Crippen molar-refractivity contribution in [3.05, 3.63) is 0 Å². The predicted octanol–water partition coefficient (Wildman–Crippen LogP) is 1.56. The van der Waals surface area contributed by atoms with Gasteiger partial charge in [0.2, 0.25) is 5.91 Å². The van der Waals surface area contributed by atoms with Crippen LogP contribution in [-0.2, 0) is 4.79 Å². The molecule has 0 aromatic rings. The number of hydrogen-bond donors (Lipinski definition) is 1. The number of aliphatic hydroxyl groups is 1. The third-order valence-electron chi connectivity index (χ3n) is 2.80. The molecule has 1 saturated heterocycles. The van der Waals surface area contributed by atoms with E-state index in [2.05, 4.69) is 0 Å². The molecule has 0 aromatic carbocycles. The van der Waals surface area contributed by atoms with Crippen LogP contribution in [0.5, 0.6) is 0 Å². The smallest absolute Gasteiger partial charge is 0.379 e. The van der Waals surface area contributed by atoms with E-state index >= 15 is 0 Å².